The number of nitrogens with one attached hydrogen (secondary N) is 2. The Hall–Kier alpha value is -2.58. The number of fused-ring (bicyclic) bond motifs is 3. The molecule has 8 heteroatoms. The molecule has 3 aliphatic heterocycles. The Morgan fingerprint density at radius 1 is 1.09 bits per heavy atom. The highest BCUT2D eigenvalue weighted by molar-refractivity contribution is 5.84. The minimum atomic E-state index is -2.27. The fourth-order valence-corrected chi connectivity index (χ4v) is 5.56. The first-order chi connectivity index (χ1) is 16.3. The molecule has 0 amide bonds. The van der Waals surface area contributed by atoms with E-state index in [9.17, 15) is 17.6 Å². The number of rotatable bonds is 3. The number of benzene rings is 2. The predicted molar refractivity (Wildman–Crippen MR) is 126 cm³/mol. The van der Waals surface area contributed by atoms with Crippen LogP contribution in [0.5, 0.6) is 0 Å². The van der Waals surface area contributed by atoms with Gasteiger partial charge in [0.2, 0.25) is 0 Å². The zero-order valence-corrected chi connectivity index (χ0v) is 19.3. The van der Waals surface area contributed by atoms with Crippen molar-refractivity contribution in [3.63, 3.8) is 0 Å². The lowest BCUT2D eigenvalue weighted by atomic mass is 9.79. The Morgan fingerprint density at radius 2 is 1.82 bits per heavy atom. The van der Waals surface area contributed by atoms with Crippen molar-refractivity contribution in [1.29, 1.82) is 0 Å². The van der Waals surface area contributed by atoms with Crippen molar-refractivity contribution in [1.82, 2.24) is 15.2 Å². The lowest BCUT2D eigenvalue weighted by Crippen LogP contribution is -2.57. The van der Waals surface area contributed by atoms with E-state index in [1.807, 2.05) is 34.9 Å². The van der Waals surface area contributed by atoms with Crippen LogP contribution in [0.15, 0.2) is 42.5 Å². The summed E-state index contributed by atoms with van der Waals surface area (Å²) in [5, 5.41) is 4.57. The van der Waals surface area contributed by atoms with Crippen molar-refractivity contribution >= 4 is 16.6 Å². The summed E-state index contributed by atoms with van der Waals surface area (Å²) in [6.45, 7) is 6.37. The Kier molecular flexibility index (Phi) is 6.29. The molecule has 182 valence electrons. The number of aromatic nitrogens is 1. The van der Waals surface area contributed by atoms with Crippen LogP contribution in [0.4, 0.5) is 23.2 Å². The van der Waals surface area contributed by atoms with Gasteiger partial charge in [0, 0.05) is 66.0 Å². The molecule has 3 aliphatic rings. The zero-order chi connectivity index (χ0) is 23.9. The first-order valence-electron chi connectivity index (χ1n) is 11.8. The van der Waals surface area contributed by atoms with E-state index in [2.05, 4.69) is 16.4 Å². The molecule has 0 radical (unpaired) electrons. The number of halogens is 4. The van der Waals surface area contributed by atoms with E-state index in [-0.39, 0.29) is 12.6 Å². The highest BCUT2D eigenvalue weighted by Crippen LogP contribution is 2.39. The molecule has 34 heavy (non-hydrogen) atoms. The second-order valence-corrected chi connectivity index (χ2v) is 9.91. The number of H-pyrrole nitrogens is 1. The number of para-hydroxylation sites is 1. The summed E-state index contributed by atoms with van der Waals surface area (Å²) in [5.74, 6) is -0.999. The van der Waals surface area contributed by atoms with Gasteiger partial charge in [-0.05, 0) is 50.1 Å². The van der Waals surface area contributed by atoms with Crippen molar-refractivity contribution in [2.45, 2.75) is 38.8 Å². The minimum absolute atomic E-state index is 0.143. The average Bonchev–Trinajstić information content (AvgIpc) is 3.38. The van der Waals surface area contributed by atoms with Crippen LogP contribution in [0.25, 0.3) is 10.9 Å². The van der Waals surface area contributed by atoms with Gasteiger partial charge in [-0.25, -0.2) is 17.6 Å². The summed E-state index contributed by atoms with van der Waals surface area (Å²) < 4.78 is 51.1. The van der Waals surface area contributed by atoms with Gasteiger partial charge >= 0.3 is 0 Å². The fourth-order valence-electron chi connectivity index (χ4n) is 5.56. The van der Waals surface area contributed by atoms with Gasteiger partial charge in [0.1, 0.15) is 11.6 Å². The number of nitrogens with zero attached hydrogens (tertiary/aromatic N) is 2. The second-order valence-electron chi connectivity index (χ2n) is 9.91. The third-order valence-electron chi connectivity index (χ3n) is 7.36. The van der Waals surface area contributed by atoms with E-state index in [0.717, 1.165) is 49.9 Å². The van der Waals surface area contributed by atoms with Gasteiger partial charge in [-0.15, -0.1) is 0 Å². The maximum atomic E-state index is 13.0. The number of hydrogen-bond acceptors (Lipinski definition) is 3. The Labute approximate surface area is 196 Å². The molecule has 1 unspecified atom stereocenters. The Bertz CT molecular complexity index is 1130. The summed E-state index contributed by atoms with van der Waals surface area (Å²) in [4.78, 5) is 7.24. The van der Waals surface area contributed by atoms with Gasteiger partial charge in [-0.1, -0.05) is 18.2 Å². The molecular weight excluding hydrogens is 444 g/mol. The van der Waals surface area contributed by atoms with Crippen molar-refractivity contribution in [2.75, 3.05) is 37.6 Å². The molecule has 2 saturated heterocycles. The maximum Gasteiger partial charge on any atom is 0.251 e. The summed E-state index contributed by atoms with van der Waals surface area (Å²) in [5.41, 5.74) is 4.50. The van der Waals surface area contributed by atoms with E-state index in [0.29, 0.717) is 17.6 Å². The minimum Gasteiger partial charge on any atom is -0.370 e. The van der Waals surface area contributed by atoms with Crippen LogP contribution in [0, 0.1) is 17.0 Å². The third-order valence-corrected chi connectivity index (χ3v) is 7.36. The van der Waals surface area contributed by atoms with Crippen molar-refractivity contribution in [2.24, 2.45) is 5.41 Å². The van der Waals surface area contributed by atoms with Crippen molar-refractivity contribution < 1.29 is 17.6 Å². The first kappa shape index (κ1) is 23.2. The summed E-state index contributed by atoms with van der Waals surface area (Å²) in [7, 11) is 0. The van der Waals surface area contributed by atoms with Gasteiger partial charge in [0.05, 0.1) is 6.54 Å². The SMILES string of the molecule is CC1Cc2c([nH]c3ccccc23)CN1CC(F)F.Fc1cc(F)cc(N2CC3(CCNC3)C2)c1. The molecule has 0 saturated carbocycles. The quantitative estimate of drug-likeness (QED) is 0.528. The number of hydrogen-bond donors (Lipinski definition) is 2. The van der Waals surface area contributed by atoms with Crippen LogP contribution >= 0.6 is 0 Å². The van der Waals surface area contributed by atoms with Crippen LogP contribution in [-0.4, -0.2) is 55.1 Å². The van der Waals surface area contributed by atoms with Crippen LogP contribution < -0.4 is 10.2 Å². The molecule has 6 rings (SSSR count). The van der Waals surface area contributed by atoms with E-state index in [1.54, 1.807) is 0 Å². The maximum absolute atomic E-state index is 13.0. The monoisotopic (exact) mass is 474 g/mol. The molecule has 2 aromatic carbocycles. The standard InChI is InChI=1S/C14H16F2N2.C12H14F2N2/c1-9-6-11-10-4-2-3-5-12(10)17-13(11)7-18(9)8-14(15)16;13-9-3-10(14)5-11(4-9)16-7-12(8-16)1-2-15-6-12/h2-5,9,14,17H,6-8H2,1H3;3-5,15H,1-2,6-8H2. The normalized spacial score (nSPS) is 21.5. The lowest BCUT2D eigenvalue weighted by Gasteiger charge is -2.49. The summed E-state index contributed by atoms with van der Waals surface area (Å²) >= 11 is 0. The average molecular weight is 475 g/mol. The smallest absolute Gasteiger partial charge is 0.251 e. The molecule has 0 aliphatic carbocycles. The number of alkyl halides is 2. The molecule has 4 heterocycles. The van der Waals surface area contributed by atoms with Gasteiger partial charge in [0.15, 0.2) is 0 Å². The Morgan fingerprint density at radius 3 is 2.50 bits per heavy atom. The molecule has 1 spiro atoms. The van der Waals surface area contributed by atoms with Crippen LogP contribution in [0.3, 0.4) is 0 Å². The molecule has 2 fully saturated rings. The highest BCUT2D eigenvalue weighted by Gasteiger charge is 2.45. The van der Waals surface area contributed by atoms with Crippen LogP contribution in [0.2, 0.25) is 0 Å². The molecule has 3 aromatic rings. The van der Waals surface area contributed by atoms with Crippen LogP contribution in [-0.2, 0) is 13.0 Å². The number of aromatic amines is 1. The third kappa shape index (κ3) is 4.66. The van der Waals surface area contributed by atoms with E-state index < -0.39 is 18.1 Å². The van der Waals surface area contributed by atoms with Gasteiger partial charge < -0.3 is 15.2 Å². The molecule has 1 aromatic heterocycles. The zero-order valence-electron chi connectivity index (χ0n) is 19.3. The molecular formula is C26H30F4N4. The molecule has 2 N–H and O–H groups in total. The predicted octanol–water partition coefficient (Wildman–Crippen LogP) is 4.94. The second kappa shape index (κ2) is 9.23. The van der Waals surface area contributed by atoms with E-state index in [1.165, 1.54) is 29.5 Å². The summed E-state index contributed by atoms with van der Waals surface area (Å²) in [6, 6.07) is 12.0. The van der Waals surface area contributed by atoms with Gasteiger partial charge in [0.25, 0.3) is 6.43 Å². The van der Waals surface area contributed by atoms with Gasteiger partial charge in [-0.2, -0.15) is 0 Å². The molecule has 0 bridgehead atoms. The number of anilines is 1. The van der Waals surface area contributed by atoms with E-state index >= 15 is 0 Å². The summed E-state index contributed by atoms with van der Waals surface area (Å²) in [6.07, 6.45) is -0.258. The molecule has 4 nitrogen and oxygen atoms in total. The van der Waals surface area contributed by atoms with Crippen molar-refractivity contribution in [3.8, 4) is 0 Å². The Balaban J connectivity index is 0.000000142. The van der Waals surface area contributed by atoms with Crippen molar-refractivity contribution in [3.05, 3.63) is 65.4 Å². The van der Waals surface area contributed by atoms with Crippen LogP contribution in [0.1, 0.15) is 24.6 Å². The highest BCUT2D eigenvalue weighted by atomic mass is 19.3. The largest absolute Gasteiger partial charge is 0.370 e. The fraction of sp³-hybridized carbons (Fsp3) is 0.462. The van der Waals surface area contributed by atoms with Gasteiger partial charge in [-0.3, -0.25) is 4.90 Å². The first-order valence-corrected chi connectivity index (χ1v) is 11.8. The topological polar surface area (TPSA) is 34.3 Å². The molecule has 1 atom stereocenters. The van der Waals surface area contributed by atoms with E-state index in [4.69, 9.17) is 0 Å². The lowest BCUT2D eigenvalue weighted by molar-refractivity contribution is 0.0597.